The molecule has 5 heteroatoms. The van der Waals surface area contributed by atoms with Gasteiger partial charge in [-0.25, -0.2) is 4.98 Å². The Bertz CT molecular complexity index is 680. The van der Waals surface area contributed by atoms with Crippen LogP contribution < -0.4 is 0 Å². The number of fused-ring (bicyclic) bond motifs is 1. The molecular weight excluding hydrogens is 276 g/mol. The molecule has 0 aromatic carbocycles. The van der Waals surface area contributed by atoms with Crippen LogP contribution in [0, 0.1) is 13.8 Å². The number of thioether (sulfide) groups is 2. The fourth-order valence-electron chi connectivity index (χ4n) is 2.15. The standard InChI is InChI=1S/C14H14N2OS2/c1-9-3-4-16-12(7-9)15-10(2)14(16)11(17)8-13-18-5-6-19-13/h3-4,7-8H,5-6H2,1-2H3. The zero-order chi connectivity index (χ0) is 13.4. The molecular formula is C14H14N2OS2. The lowest BCUT2D eigenvalue weighted by atomic mass is 10.2. The fourth-order valence-corrected chi connectivity index (χ4v) is 4.43. The van der Waals surface area contributed by atoms with E-state index in [0.29, 0.717) is 5.69 Å². The number of imidazole rings is 1. The molecule has 2 aromatic rings. The average Bonchev–Trinajstić information content (AvgIpc) is 2.95. The molecule has 0 spiro atoms. The SMILES string of the molecule is Cc1ccn2c(C(=O)C=C3SCCS3)c(C)nc2c1. The van der Waals surface area contributed by atoms with Gasteiger partial charge in [-0.1, -0.05) is 0 Å². The van der Waals surface area contributed by atoms with Crippen molar-refractivity contribution in [2.45, 2.75) is 13.8 Å². The van der Waals surface area contributed by atoms with Crippen LogP contribution in [0.3, 0.4) is 0 Å². The van der Waals surface area contributed by atoms with Crippen LogP contribution in [0.15, 0.2) is 28.6 Å². The number of rotatable bonds is 2. The lowest BCUT2D eigenvalue weighted by Crippen LogP contribution is -2.02. The van der Waals surface area contributed by atoms with Gasteiger partial charge in [-0.3, -0.25) is 9.20 Å². The van der Waals surface area contributed by atoms with E-state index in [1.54, 1.807) is 29.6 Å². The van der Waals surface area contributed by atoms with Crippen LogP contribution >= 0.6 is 23.5 Å². The second-order valence-electron chi connectivity index (χ2n) is 4.50. The molecule has 2 aromatic heterocycles. The van der Waals surface area contributed by atoms with E-state index in [2.05, 4.69) is 4.98 Å². The van der Waals surface area contributed by atoms with E-state index >= 15 is 0 Å². The molecule has 0 N–H and O–H groups in total. The van der Waals surface area contributed by atoms with Crippen molar-refractivity contribution in [3.8, 4) is 0 Å². The third-order valence-corrected chi connectivity index (χ3v) is 5.60. The molecule has 3 rings (SSSR count). The first-order chi connectivity index (χ1) is 9.15. The lowest BCUT2D eigenvalue weighted by molar-refractivity contribution is 0.104. The smallest absolute Gasteiger partial charge is 0.206 e. The summed E-state index contributed by atoms with van der Waals surface area (Å²) in [5.74, 6) is 2.23. The third kappa shape index (κ3) is 2.44. The molecule has 19 heavy (non-hydrogen) atoms. The molecule has 1 aliphatic heterocycles. The van der Waals surface area contributed by atoms with E-state index in [1.165, 1.54) is 0 Å². The van der Waals surface area contributed by atoms with Crippen LogP contribution in [-0.4, -0.2) is 26.7 Å². The minimum Gasteiger partial charge on any atom is -0.297 e. The van der Waals surface area contributed by atoms with E-state index in [1.807, 2.05) is 36.6 Å². The number of hydrogen-bond donors (Lipinski definition) is 0. The Morgan fingerprint density at radius 3 is 2.84 bits per heavy atom. The Morgan fingerprint density at radius 1 is 1.37 bits per heavy atom. The minimum absolute atomic E-state index is 0.0470. The summed E-state index contributed by atoms with van der Waals surface area (Å²) in [4.78, 5) is 16.9. The molecule has 1 fully saturated rings. The molecule has 0 unspecified atom stereocenters. The van der Waals surface area contributed by atoms with Crippen LogP contribution in [0.5, 0.6) is 0 Å². The van der Waals surface area contributed by atoms with Crippen LogP contribution in [0.4, 0.5) is 0 Å². The number of ketones is 1. The molecule has 98 valence electrons. The number of pyridine rings is 1. The van der Waals surface area contributed by atoms with Crippen molar-refractivity contribution >= 4 is 35.0 Å². The number of allylic oxidation sites excluding steroid dienone is 1. The van der Waals surface area contributed by atoms with E-state index in [9.17, 15) is 4.79 Å². The van der Waals surface area contributed by atoms with Crippen molar-refractivity contribution in [2.24, 2.45) is 0 Å². The molecule has 0 saturated carbocycles. The monoisotopic (exact) mass is 290 g/mol. The lowest BCUT2D eigenvalue weighted by Gasteiger charge is -2.00. The number of hydrogen-bond acceptors (Lipinski definition) is 4. The highest BCUT2D eigenvalue weighted by molar-refractivity contribution is 8.25. The highest BCUT2D eigenvalue weighted by Gasteiger charge is 2.17. The van der Waals surface area contributed by atoms with E-state index in [0.717, 1.165) is 32.6 Å². The van der Waals surface area contributed by atoms with Crippen molar-refractivity contribution < 1.29 is 4.79 Å². The van der Waals surface area contributed by atoms with E-state index < -0.39 is 0 Å². The van der Waals surface area contributed by atoms with Crippen molar-refractivity contribution in [3.63, 3.8) is 0 Å². The summed E-state index contributed by atoms with van der Waals surface area (Å²) in [5.41, 5.74) is 3.46. The van der Waals surface area contributed by atoms with Crippen LogP contribution in [0.1, 0.15) is 21.7 Å². The first-order valence-electron chi connectivity index (χ1n) is 6.12. The summed E-state index contributed by atoms with van der Waals surface area (Å²) in [6, 6.07) is 3.99. The topological polar surface area (TPSA) is 34.4 Å². The first kappa shape index (κ1) is 12.8. The largest absolute Gasteiger partial charge is 0.297 e. The molecule has 0 radical (unpaired) electrons. The van der Waals surface area contributed by atoms with Gasteiger partial charge in [0.25, 0.3) is 0 Å². The Morgan fingerprint density at radius 2 is 2.11 bits per heavy atom. The van der Waals surface area contributed by atoms with Crippen molar-refractivity contribution in [3.05, 3.63) is 45.6 Å². The van der Waals surface area contributed by atoms with Gasteiger partial charge in [0.2, 0.25) is 5.78 Å². The van der Waals surface area contributed by atoms with Crippen LogP contribution in [0.25, 0.3) is 5.65 Å². The molecule has 3 heterocycles. The number of carbonyl (C=O) groups excluding carboxylic acids is 1. The second kappa shape index (κ2) is 5.06. The van der Waals surface area contributed by atoms with E-state index in [-0.39, 0.29) is 5.78 Å². The number of aryl methyl sites for hydroxylation is 2. The van der Waals surface area contributed by atoms with Gasteiger partial charge in [0.1, 0.15) is 11.3 Å². The van der Waals surface area contributed by atoms with Crippen LogP contribution in [-0.2, 0) is 0 Å². The van der Waals surface area contributed by atoms with Crippen molar-refractivity contribution in [2.75, 3.05) is 11.5 Å². The van der Waals surface area contributed by atoms with Gasteiger partial charge in [-0.2, -0.15) is 0 Å². The zero-order valence-corrected chi connectivity index (χ0v) is 12.5. The number of nitrogens with zero attached hydrogens (tertiary/aromatic N) is 2. The quantitative estimate of drug-likeness (QED) is 0.626. The van der Waals surface area contributed by atoms with Gasteiger partial charge in [0.05, 0.1) is 5.69 Å². The second-order valence-corrected chi connectivity index (χ2v) is 7.03. The van der Waals surface area contributed by atoms with Crippen LogP contribution in [0.2, 0.25) is 0 Å². The molecule has 0 aliphatic carbocycles. The number of aromatic nitrogens is 2. The highest BCUT2D eigenvalue weighted by Crippen LogP contribution is 2.36. The molecule has 0 amide bonds. The predicted octanol–water partition coefficient (Wildman–Crippen LogP) is 3.46. The Balaban J connectivity index is 2.06. The summed E-state index contributed by atoms with van der Waals surface area (Å²) in [6.45, 7) is 3.92. The Labute approximate surface area is 120 Å². The van der Waals surface area contributed by atoms with Gasteiger partial charge in [-0.15, -0.1) is 23.5 Å². The van der Waals surface area contributed by atoms with Crippen molar-refractivity contribution in [1.82, 2.24) is 9.38 Å². The summed E-state index contributed by atoms with van der Waals surface area (Å²) < 4.78 is 3.00. The summed E-state index contributed by atoms with van der Waals surface area (Å²) in [7, 11) is 0. The normalized spacial score (nSPS) is 15.2. The molecule has 1 saturated heterocycles. The fraction of sp³-hybridized carbons (Fsp3) is 0.286. The van der Waals surface area contributed by atoms with Gasteiger partial charge < -0.3 is 0 Å². The molecule has 1 aliphatic rings. The van der Waals surface area contributed by atoms with Gasteiger partial charge in [-0.05, 0) is 31.5 Å². The molecule has 3 nitrogen and oxygen atoms in total. The maximum absolute atomic E-state index is 12.4. The Kier molecular flexibility index (Phi) is 3.41. The molecule has 0 bridgehead atoms. The summed E-state index contributed by atoms with van der Waals surface area (Å²) >= 11 is 3.51. The maximum Gasteiger partial charge on any atom is 0.206 e. The zero-order valence-electron chi connectivity index (χ0n) is 10.8. The Hall–Kier alpha value is -1.20. The predicted molar refractivity (Wildman–Crippen MR) is 82.0 cm³/mol. The first-order valence-corrected chi connectivity index (χ1v) is 8.09. The average molecular weight is 290 g/mol. The van der Waals surface area contributed by atoms with E-state index in [4.69, 9.17) is 0 Å². The maximum atomic E-state index is 12.4. The highest BCUT2D eigenvalue weighted by atomic mass is 32.2. The minimum atomic E-state index is 0.0470. The molecule has 0 atom stereocenters. The summed E-state index contributed by atoms with van der Waals surface area (Å²) in [6.07, 6.45) is 3.67. The van der Waals surface area contributed by atoms with Gasteiger partial charge >= 0.3 is 0 Å². The third-order valence-electron chi connectivity index (χ3n) is 3.01. The van der Waals surface area contributed by atoms with Gasteiger partial charge in [0.15, 0.2) is 0 Å². The summed E-state index contributed by atoms with van der Waals surface area (Å²) in [5, 5.41) is 0. The van der Waals surface area contributed by atoms with Gasteiger partial charge in [0, 0.05) is 28.0 Å². The number of carbonyl (C=O) groups is 1. The van der Waals surface area contributed by atoms with Crippen molar-refractivity contribution in [1.29, 1.82) is 0 Å².